The molecule has 1 saturated carbocycles. The van der Waals surface area contributed by atoms with Gasteiger partial charge in [0, 0.05) is 16.6 Å². The fourth-order valence-corrected chi connectivity index (χ4v) is 5.54. The predicted octanol–water partition coefficient (Wildman–Crippen LogP) is 3.29. The summed E-state index contributed by atoms with van der Waals surface area (Å²) in [6.07, 6.45) is 2.81. The fraction of sp³-hybridized carbons (Fsp3) is 0.467. The van der Waals surface area contributed by atoms with Gasteiger partial charge in [0.25, 0.3) is 0 Å². The third kappa shape index (κ3) is 6.45. The number of sulfonamides is 1. The highest BCUT2D eigenvalue weighted by molar-refractivity contribution is 14.1. The minimum absolute atomic E-state index is 0.249. The van der Waals surface area contributed by atoms with Crippen molar-refractivity contribution in [2.75, 3.05) is 6.26 Å². The molecule has 1 aromatic carbocycles. The van der Waals surface area contributed by atoms with Gasteiger partial charge in [-0.2, -0.15) is 0 Å². The van der Waals surface area contributed by atoms with E-state index in [-0.39, 0.29) is 18.0 Å². The molecule has 0 spiro atoms. The summed E-state index contributed by atoms with van der Waals surface area (Å²) in [6.45, 7) is 0. The summed E-state index contributed by atoms with van der Waals surface area (Å²) < 4.78 is 32.7. The van der Waals surface area contributed by atoms with Gasteiger partial charge in [-0.3, -0.25) is 9.52 Å². The molecule has 1 amide bonds. The van der Waals surface area contributed by atoms with E-state index in [0.717, 1.165) is 17.0 Å². The van der Waals surface area contributed by atoms with Gasteiger partial charge in [0.2, 0.25) is 15.9 Å². The Morgan fingerprint density at radius 3 is 2.28 bits per heavy atom. The molecule has 1 N–H and O–H groups in total. The van der Waals surface area contributed by atoms with E-state index < -0.39 is 15.9 Å². The lowest BCUT2D eigenvalue weighted by atomic mass is 9.87. The Bertz CT molecular complexity index is 789. The van der Waals surface area contributed by atoms with Gasteiger partial charge >= 0.3 is 5.97 Å². The Balaban J connectivity index is 1.94. The summed E-state index contributed by atoms with van der Waals surface area (Å²) in [5, 5.41) is 0. The first kappa shape index (κ1) is 21.6. The standard InChI is InChI=1S/C15H16I3NO5S/c1-25(22,23)19-14(20)8-2-4-10(5-3-8)24-15(21)11-6-9(16)7-12(17)13(11)18/h6-8,10H,2-5H2,1H3,(H,19,20). The van der Waals surface area contributed by atoms with Crippen LogP contribution in [0.5, 0.6) is 0 Å². The zero-order valence-corrected chi connectivity index (χ0v) is 20.5. The second kappa shape index (κ2) is 8.99. The van der Waals surface area contributed by atoms with Crippen LogP contribution in [0.3, 0.4) is 0 Å². The van der Waals surface area contributed by atoms with E-state index in [1.165, 1.54) is 0 Å². The van der Waals surface area contributed by atoms with Gasteiger partial charge in [-0.05, 0) is 106 Å². The SMILES string of the molecule is CS(=O)(=O)NC(=O)C1CCC(OC(=O)c2cc(I)cc(I)c2I)CC1. The number of amides is 1. The number of esters is 1. The molecule has 0 unspecified atom stereocenters. The maximum Gasteiger partial charge on any atom is 0.339 e. The molecule has 2 rings (SSSR count). The smallest absolute Gasteiger partial charge is 0.339 e. The Morgan fingerprint density at radius 2 is 1.72 bits per heavy atom. The molecule has 6 nitrogen and oxygen atoms in total. The highest BCUT2D eigenvalue weighted by Crippen LogP contribution is 2.29. The Hall–Kier alpha value is 0.300. The van der Waals surface area contributed by atoms with E-state index in [0.29, 0.717) is 31.2 Å². The van der Waals surface area contributed by atoms with E-state index in [1.54, 1.807) is 6.07 Å². The van der Waals surface area contributed by atoms with Gasteiger partial charge in [0.15, 0.2) is 0 Å². The second-order valence-corrected chi connectivity index (χ2v) is 11.1. The quantitative estimate of drug-likeness (QED) is 0.296. The number of benzene rings is 1. The summed E-state index contributed by atoms with van der Waals surface area (Å²) in [5.74, 6) is -1.19. The van der Waals surface area contributed by atoms with Crippen molar-refractivity contribution in [2.24, 2.45) is 5.92 Å². The topological polar surface area (TPSA) is 89.5 Å². The number of ether oxygens (including phenoxy) is 1. The molecule has 0 atom stereocenters. The fourth-order valence-electron chi connectivity index (χ4n) is 2.63. The van der Waals surface area contributed by atoms with Crippen molar-refractivity contribution >= 4 is 89.7 Å². The van der Waals surface area contributed by atoms with Gasteiger partial charge < -0.3 is 4.74 Å². The monoisotopic (exact) mass is 703 g/mol. The predicted molar refractivity (Wildman–Crippen MR) is 119 cm³/mol. The molecule has 138 valence electrons. The Labute approximate surface area is 187 Å². The van der Waals surface area contributed by atoms with Crippen molar-refractivity contribution in [1.82, 2.24) is 4.72 Å². The van der Waals surface area contributed by atoms with Crippen LogP contribution in [-0.2, 0) is 19.6 Å². The molecular weight excluding hydrogens is 687 g/mol. The largest absolute Gasteiger partial charge is 0.459 e. The molecular formula is C15H16I3NO5S. The molecule has 0 aliphatic heterocycles. The number of carbonyl (C=O) groups is 2. The summed E-state index contributed by atoms with van der Waals surface area (Å²) in [5.41, 5.74) is 0.550. The Kier molecular flexibility index (Phi) is 7.77. The van der Waals surface area contributed by atoms with Crippen molar-refractivity contribution in [3.8, 4) is 0 Å². The van der Waals surface area contributed by atoms with Crippen LogP contribution in [0.1, 0.15) is 36.0 Å². The van der Waals surface area contributed by atoms with Gasteiger partial charge in [0.05, 0.1) is 11.8 Å². The van der Waals surface area contributed by atoms with Crippen LogP contribution in [0.2, 0.25) is 0 Å². The number of carbonyl (C=O) groups excluding carboxylic acids is 2. The van der Waals surface area contributed by atoms with E-state index in [1.807, 2.05) is 10.8 Å². The van der Waals surface area contributed by atoms with Crippen molar-refractivity contribution < 1.29 is 22.7 Å². The van der Waals surface area contributed by atoms with Crippen molar-refractivity contribution in [1.29, 1.82) is 0 Å². The van der Waals surface area contributed by atoms with Gasteiger partial charge in [-0.15, -0.1) is 0 Å². The third-order valence-electron chi connectivity index (χ3n) is 3.82. The highest BCUT2D eigenvalue weighted by Gasteiger charge is 2.30. The summed E-state index contributed by atoms with van der Waals surface area (Å²) in [7, 11) is -3.54. The molecule has 1 aliphatic rings. The lowest BCUT2D eigenvalue weighted by Gasteiger charge is -2.27. The van der Waals surface area contributed by atoms with Crippen LogP contribution in [0.25, 0.3) is 0 Å². The Morgan fingerprint density at radius 1 is 1.12 bits per heavy atom. The number of nitrogens with one attached hydrogen (secondary N) is 1. The van der Waals surface area contributed by atoms with Crippen LogP contribution in [0.4, 0.5) is 0 Å². The molecule has 10 heteroatoms. The number of hydrogen-bond acceptors (Lipinski definition) is 5. The normalized spacial score (nSPS) is 20.8. The van der Waals surface area contributed by atoms with Crippen LogP contribution < -0.4 is 4.72 Å². The average molecular weight is 703 g/mol. The minimum atomic E-state index is -3.54. The lowest BCUT2D eigenvalue weighted by molar-refractivity contribution is -0.124. The molecule has 0 heterocycles. The highest BCUT2D eigenvalue weighted by atomic mass is 127. The maximum absolute atomic E-state index is 12.4. The van der Waals surface area contributed by atoms with Gasteiger partial charge in [-0.1, -0.05) is 0 Å². The minimum Gasteiger partial charge on any atom is -0.459 e. The van der Waals surface area contributed by atoms with Crippen LogP contribution in [0, 0.1) is 16.6 Å². The zero-order chi connectivity index (χ0) is 18.8. The summed E-state index contributed by atoms with van der Waals surface area (Å²) in [6, 6.07) is 3.79. The number of hydrogen-bond donors (Lipinski definition) is 1. The summed E-state index contributed by atoms with van der Waals surface area (Å²) >= 11 is 6.48. The first-order valence-electron chi connectivity index (χ1n) is 7.44. The first-order chi connectivity index (χ1) is 11.6. The lowest BCUT2D eigenvalue weighted by Crippen LogP contribution is -2.37. The van der Waals surface area contributed by atoms with Crippen molar-refractivity contribution in [3.05, 3.63) is 28.4 Å². The number of halogens is 3. The first-order valence-corrected chi connectivity index (χ1v) is 12.6. The van der Waals surface area contributed by atoms with Crippen molar-refractivity contribution in [2.45, 2.75) is 31.8 Å². The van der Waals surface area contributed by atoms with Crippen LogP contribution in [0.15, 0.2) is 12.1 Å². The van der Waals surface area contributed by atoms with Gasteiger partial charge in [-0.25, -0.2) is 13.2 Å². The van der Waals surface area contributed by atoms with E-state index in [2.05, 4.69) is 67.8 Å². The van der Waals surface area contributed by atoms with E-state index >= 15 is 0 Å². The molecule has 1 aliphatic carbocycles. The summed E-state index contributed by atoms with van der Waals surface area (Å²) in [4.78, 5) is 24.3. The molecule has 1 fully saturated rings. The van der Waals surface area contributed by atoms with Crippen LogP contribution in [-0.4, -0.2) is 32.7 Å². The van der Waals surface area contributed by atoms with E-state index in [9.17, 15) is 18.0 Å². The third-order valence-corrected chi connectivity index (χ3v) is 8.06. The van der Waals surface area contributed by atoms with E-state index in [4.69, 9.17) is 4.74 Å². The molecule has 25 heavy (non-hydrogen) atoms. The van der Waals surface area contributed by atoms with Crippen LogP contribution >= 0.6 is 67.8 Å². The molecule has 0 aromatic heterocycles. The molecule has 0 bridgehead atoms. The number of rotatable bonds is 4. The molecule has 0 radical (unpaired) electrons. The maximum atomic E-state index is 12.4. The average Bonchev–Trinajstić information content (AvgIpc) is 2.49. The molecule has 0 saturated heterocycles. The second-order valence-electron chi connectivity index (χ2n) is 5.87. The van der Waals surface area contributed by atoms with Gasteiger partial charge in [0.1, 0.15) is 6.10 Å². The molecule has 1 aromatic rings. The zero-order valence-electron chi connectivity index (χ0n) is 13.2. The van der Waals surface area contributed by atoms with Crippen molar-refractivity contribution in [3.63, 3.8) is 0 Å².